The van der Waals surface area contributed by atoms with Gasteiger partial charge < -0.3 is 13.6 Å². The molecule has 228 valence electrons. The van der Waals surface area contributed by atoms with Crippen LogP contribution in [0.25, 0.3) is 98.8 Å². The number of hydrogen-bond donors (Lipinski definition) is 0. The summed E-state index contributed by atoms with van der Waals surface area (Å²) >= 11 is 0. The molecule has 0 amide bonds. The van der Waals surface area contributed by atoms with Crippen molar-refractivity contribution in [3.05, 3.63) is 170 Å². The monoisotopic (exact) mass is 624 g/mol. The van der Waals surface area contributed by atoms with Gasteiger partial charge in [0.15, 0.2) is 0 Å². The Kier molecular flexibility index (Phi) is 5.38. The van der Waals surface area contributed by atoms with Gasteiger partial charge in [0.1, 0.15) is 11.2 Å². The highest BCUT2D eigenvalue weighted by Gasteiger charge is 2.19. The molecule has 0 aliphatic heterocycles. The predicted molar refractivity (Wildman–Crippen MR) is 205 cm³/mol. The molecule has 0 aliphatic rings. The summed E-state index contributed by atoms with van der Waals surface area (Å²) in [6.07, 6.45) is 0. The summed E-state index contributed by atoms with van der Waals surface area (Å²) in [6.45, 7) is 0. The van der Waals surface area contributed by atoms with Gasteiger partial charge in [-0.05, 0) is 94.7 Å². The summed E-state index contributed by atoms with van der Waals surface area (Å²) < 4.78 is 11.1. The lowest BCUT2D eigenvalue weighted by Crippen LogP contribution is -1.95. The number of benzene rings is 8. The van der Waals surface area contributed by atoms with Crippen LogP contribution in [0.1, 0.15) is 0 Å². The van der Waals surface area contributed by atoms with Crippen molar-refractivity contribution >= 4 is 76.3 Å². The van der Waals surface area contributed by atoms with E-state index < -0.39 is 0 Å². The van der Waals surface area contributed by atoms with Crippen LogP contribution < -0.4 is 0 Å². The highest BCUT2D eigenvalue weighted by Crippen LogP contribution is 2.41. The van der Waals surface area contributed by atoms with Crippen molar-refractivity contribution in [3.63, 3.8) is 0 Å². The molecule has 3 aromatic heterocycles. The molecule has 0 N–H and O–H groups in total. The molecule has 0 saturated carbocycles. The fourth-order valence-electron chi connectivity index (χ4n) is 8.03. The molecular formula is C46H28N2O. The predicted octanol–water partition coefficient (Wildman–Crippen LogP) is 12.6. The maximum absolute atomic E-state index is 6.28. The maximum atomic E-state index is 6.28. The maximum Gasteiger partial charge on any atom is 0.136 e. The van der Waals surface area contributed by atoms with E-state index in [1.807, 2.05) is 12.1 Å². The van der Waals surface area contributed by atoms with E-state index in [2.05, 4.69) is 167 Å². The Bertz CT molecular complexity index is 3100. The standard InChI is InChI=1S/C46H28N2O/c1-2-14-33(15-3-1)47-41-19-8-6-17-35(41)39-27-44-40(28-43(39)47)38-24-30-11-4-5-12-31(30)25-42(38)48(44)34-16-10-13-29(23-34)32-21-22-37-36-18-7-9-20-45(36)49-46(37)26-32/h1-28H. The molecule has 0 aliphatic carbocycles. The molecule has 0 unspecified atom stereocenters. The summed E-state index contributed by atoms with van der Waals surface area (Å²) in [5, 5.41) is 9.74. The summed E-state index contributed by atoms with van der Waals surface area (Å²) in [5.74, 6) is 0. The van der Waals surface area contributed by atoms with Crippen LogP contribution in [0.2, 0.25) is 0 Å². The molecule has 0 saturated heterocycles. The molecule has 0 radical (unpaired) electrons. The van der Waals surface area contributed by atoms with Gasteiger partial charge in [0.05, 0.1) is 22.1 Å². The second-order valence-electron chi connectivity index (χ2n) is 13.0. The third-order valence-corrected chi connectivity index (χ3v) is 10.3. The number of furan rings is 1. The highest BCUT2D eigenvalue weighted by molar-refractivity contribution is 6.20. The van der Waals surface area contributed by atoms with E-state index in [4.69, 9.17) is 4.42 Å². The van der Waals surface area contributed by atoms with Crippen LogP contribution in [0.5, 0.6) is 0 Å². The van der Waals surface area contributed by atoms with Crippen LogP contribution in [0.15, 0.2) is 174 Å². The number of aromatic nitrogens is 2. The average Bonchev–Trinajstić information content (AvgIpc) is 3.80. The first-order valence-electron chi connectivity index (χ1n) is 16.8. The Morgan fingerprint density at radius 2 is 0.898 bits per heavy atom. The molecular weight excluding hydrogens is 597 g/mol. The van der Waals surface area contributed by atoms with Gasteiger partial charge >= 0.3 is 0 Å². The average molecular weight is 625 g/mol. The lowest BCUT2D eigenvalue weighted by molar-refractivity contribution is 0.669. The molecule has 3 nitrogen and oxygen atoms in total. The van der Waals surface area contributed by atoms with E-state index >= 15 is 0 Å². The third-order valence-electron chi connectivity index (χ3n) is 10.3. The van der Waals surface area contributed by atoms with Gasteiger partial charge in [-0.1, -0.05) is 97.1 Å². The molecule has 11 rings (SSSR count). The van der Waals surface area contributed by atoms with Crippen molar-refractivity contribution in [2.75, 3.05) is 0 Å². The minimum atomic E-state index is 0.907. The second kappa shape index (κ2) is 9.96. The van der Waals surface area contributed by atoms with E-state index in [1.165, 1.54) is 54.4 Å². The molecule has 0 spiro atoms. The minimum Gasteiger partial charge on any atom is -0.456 e. The molecule has 0 atom stereocenters. The highest BCUT2D eigenvalue weighted by atomic mass is 16.3. The summed E-state index contributed by atoms with van der Waals surface area (Å²) in [4.78, 5) is 0. The van der Waals surface area contributed by atoms with Crippen LogP contribution >= 0.6 is 0 Å². The van der Waals surface area contributed by atoms with Crippen LogP contribution in [-0.2, 0) is 0 Å². The fraction of sp³-hybridized carbons (Fsp3) is 0. The van der Waals surface area contributed by atoms with Gasteiger partial charge in [0.2, 0.25) is 0 Å². The van der Waals surface area contributed by atoms with Crippen LogP contribution in [0.3, 0.4) is 0 Å². The number of fused-ring (bicyclic) bond motifs is 10. The van der Waals surface area contributed by atoms with E-state index in [1.54, 1.807) is 0 Å². The number of para-hydroxylation sites is 3. The van der Waals surface area contributed by atoms with Gasteiger partial charge in [-0.2, -0.15) is 0 Å². The fourth-order valence-corrected chi connectivity index (χ4v) is 8.03. The van der Waals surface area contributed by atoms with Crippen LogP contribution in [0.4, 0.5) is 0 Å². The Balaban J connectivity index is 1.21. The van der Waals surface area contributed by atoms with Gasteiger partial charge in [-0.3, -0.25) is 0 Å². The van der Waals surface area contributed by atoms with Crippen molar-refractivity contribution in [2.45, 2.75) is 0 Å². The first-order valence-corrected chi connectivity index (χ1v) is 16.8. The largest absolute Gasteiger partial charge is 0.456 e. The minimum absolute atomic E-state index is 0.907. The number of rotatable bonds is 3. The Morgan fingerprint density at radius 3 is 1.76 bits per heavy atom. The quantitative estimate of drug-likeness (QED) is 0.192. The molecule has 11 aromatic rings. The molecule has 3 heteroatoms. The summed E-state index contributed by atoms with van der Waals surface area (Å²) in [7, 11) is 0. The Hall–Kier alpha value is -6.58. The lowest BCUT2D eigenvalue weighted by atomic mass is 10.0. The lowest BCUT2D eigenvalue weighted by Gasteiger charge is -2.11. The topological polar surface area (TPSA) is 23.0 Å². The summed E-state index contributed by atoms with van der Waals surface area (Å²) in [5.41, 5.74) is 11.2. The first kappa shape index (κ1) is 26.5. The zero-order valence-corrected chi connectivity index (χ0v) is 26.5. The van der Waals surface area contributed by atoms with Gasteiger partial charge in [-0.15, -0.1) is 0 Å². The Labute approximate surface area is 281 Å². The van der Waals surface area contributed by atoms with Crippen molar-refractivity contribution in [1.29, 1.82) is 0 Å². The molecule has 8 aromatic carbocycles. The SMILES string of the molecule is c1ccc(-n2c3ccccc3c3cc4c(cc32)c2cc3ccccc3cc2n4-c2cccc(-c3ccc4c(c3)oc3ccccc34)c2)cc1. The van der Waals surface area contributed by atoms with Crippen molar-refractivity contribution < 1.29 is 4.42 Å². The zero-order chi connectivity index (χ0) is 32.1. The first-order chi connectivity index (χ1) is 24.3. The van der Waals surface area contributed by atoms with E-state index in [-0.39, 0.29) is 0 Å². The smallest absolute Gasteiger partial charge is 0.136 e. The normalized spacial score (nSPS) is 12.1. The number of hydrogen-bond acceptors (Lipinski definition) is 1. The van der Waals surface area contributed by atoms with Crippen LogP contribution in [0, 0.1) is 0 Å². The van der Waals surface area contributed by atoms with Gasteiger partial charge in [-0.25, -0.2) is 0 Å². The van der Waals surface area contributed by atoms with Gasteiger partial charge in [0.25, 0.3) is 0 Å². The summed E-state index contributed by atoms with van der Waals surface area (Å²) in [6, 6.07) is 61.4. The van der Waals surface area contributed by atoms with Crippen molar-refractivity contribution in [3.8, 4) is 22.5 Å². The molecule has 0 fully saturated rings. The Morgan fingerprint density at radius 1 is 0.306 bits per heavy atom. The van der Waals surface area contributed by atoms with E-state index in [9.17, 15) is 0 Å². The molecule has 49 heavy (non-hydrogen) atoms. The van der Waals surface area contributed by atoms with Gasteiger partial charge in [0, 0.05) is 43.7 Å². The second-order valence-corrected chi connectivity index (χ2v) is 13.0. The zero-order valence-electron chi connectivity index (χ0n) is 26.5. The van der Waals surface area contributed by atoms with E-state index in [0.29, 0.717) is 0 Å². The number of nitrogens with zero attached hydrogens (tertiary/aromatic N) is 2. The molecule has 0 bridgehead atoms. The molecule has 3 heterocycles. The van der Waals surface area contributed by atoms with Crippen LogP contribution in [-0.4, -0.2) is 9.13 Å². The van der Waals surface area contributed by atoms with Crippen molar-refractivity contribution in [1.82, 2.24) is 9.13 Å². The van der Waals surface area contributed by atoms with E-state index in [0.717, 1.165) is 44.4 Å². The van der Waals surface area contributed by atoms with Crippen molar-refractivity contribution in [2.24, 2.45) is 0 Å². The third kappa shape index (κ3) is 3.84.